The molecule has 2 aromatic heterocycles. The van der Waals surface area contributed by atoms with Gasteiger partial charge in [0, 0.05) is 13.1 Å². The summed E-state index contributed by atoms with van der Waals surface area (Å²) in [5.74, 6) is -0.176. The Balaban J connectivity index is 1.76. The lowest BCUT2D eigenvalue weighted by Gasteiger charge is -2.05. The highest BCUT2D eigenvalue weighted by Crippen LogP contribution is 2.19. The van der Waals surface area contributed by atoms with E-state index in [9.17, 15) is 9.59 Å². The number of carbonyl (C=O) groups excluding carboxylic acids is 2. The van der Waals surface area contributed by atoms with Gasteiger partial charge in [-0.15, -0.1) is 11.3 Å². The average Bonchev–Trinajstić information content (AvgIpc) is 3.18. The number of nitrogens with one attached hydrogen (secondary N) is 2. The van der Waals surface area contributed by atoms with Gasteiger partial charge in [0.15, 0.2) is 5.76 Å². The van der Waals surface area contributed by atoms with Gasteiger partial charge in [-0.3, -0.25) is 9.59 Å². The second-order valence-electron chi connectivity index (χ2n) is 5.11. The molecule has 7 heteroatoms. The van der Waals surface area contributed by atoms with Crippen molar-refractivity contribution < 1.29 is 14.0 Å². The summed E-state index contributed by atoms with van der Waals surface area (Å²) in [6.45, 7) is 4.67. The van der Waals surface area contributed by atoms with E-state index in [2.05, 4.69) is 22.5 Å². The van der Waals surface area contributed by atoms with Gasteiger partial charge in [0.25, 0.3) is 11.8 Å². The Hall–Kier alpha value is -2.15. The molecule has 0 aliphatic carbocycles. The number of nitrogens with zero attached hydrogens (tertiary/aromatic N) is 1. The van der Waals surface area contributed by atoms with Crippen LogP contribution < -0.4 is 10.6 Å². The number of unbranched alkanes of at least 4 members (excludes halogenated alkanes) is 1. The molecule has 2 amide bonds. The molecule has 0 saturated carbocycles. The third-order valence-corrected chi connectivity index (χ3v) is 4.45. The van der Waals surface area contributed by atoms with E-state index in [1.54, 1.807) is 12.1 Å². The van der Waals surface area contributed by atoms with Crippen LogP contribution in [0.25, 0.3) is 0 Å². The predicted octanol–water partition coefficient (Wildman–Crippen LogP) is 2.55. The molecule has 0 unspecified atom stereocenters. The van der Waals surface area contributed by atoms with E-state index in [1.807, 2.05) is 6.92 Å². The molecule has 6 nitrogen and oxygen atoms in total. The fourth-order valence-corrected chi connectivity index (χ4v) is 3.05. The fourth-order valence-electron chi connectivity index (χ4n) is 2.03. The smallest absolute Gasteiger partial charge is 0.287 e. The number of thiazole rings is 1. The Kier molecular flexibility index (Phi) is 6.34. The van der Waals surface area contributed by atoms with Crippen molar-refractivity contribution in [2.45, 2.75) is 33.1 Å². The van der Waals surface area contributed by atoms with Crippen LogP contribution in [0.15, 0.2) is 22.8 Å². The van der Waals surface area contributed by atoms with Crippen LogP contribution in [0, 0.1) is 6.92 Å². The number of hydrogen-bond donors (Lipinski definition) is 2. The SMILES string of the molecule is CCCCc1nc(C)c(C(=O)NCCNC(=O)c2ccco2)s1. The van der Waals surface area contributed by atoms with Crippen LogP contribution in [0.3, 0.4) is 0 Å². The van der Waals surface area contributed by atoms with Crippen LogP contribution in [-0.2, 0) is 6.42 Å². The molecular weight excluding hydrogens is 314 g/mol. The minimum Gasteiger partial charge on any atom is -0.459 e. The second kappa shape index (κ2) is 8.47. The summed E-state index contributed by atoms with van der Waals surface area (Å²) < 4.78 is 4.99. The highest BCUT2D eigenvalue weighted by Gasteiger charge is 2.15. The number of aromatic nitrogens is 1. The molecule has 2 rings (SSSR count). The molecule has 0 saturated heterocycles. The molecular formula is C16H21N3O3S. The first-order chi connectivity index (χ1) is 11.1. The van der Waals surface area contributed by atoms with Gasteiger partial charge in [0.05, 0.1) is 17.0 Å². The summed E-state index contributed by atoms with van der Waals surface area (Å²) in [5, 5.41) is 6.48. The van der Waals surface area contributed by atoms with Crippen LogP contribution >= 0.6 is 11.3 Å². The average molecular weight is 335 g/mol. The maximum Gasteiger partial charge on any atom is 0.287 e. The number of furan rings is 1. The zero-order valence-electron chi connectivity index (χ0n) is 13.3. The highest BCUT2D eigenvalue weighted by atomic mass is 32.1. The van der Waals surface area contributed by atoms with Gasteiger partial charge >= 0.3 is 0 Å². The summed E-state index contributed by atoms with van der Waals surface area (Å²) in [6, 6.07) is 3.24. The van der Waals surface area contributed by atoms with Crippen molar-refractivity contribution in [2.75, 3.05) is 13.1 Å². The topological polar surface area (TPSA) is 84.2 Å². The summed E-state index contributed by atoms with van der Waals surface area (Å²) in [6.07, 6.45) is 4.54. The van der Waals surface area contributed by atoms with Crippen LogP contribution in [0.4, 0.5) is 0 Å². The maximum atomic E-state index is 12.2. The van der Waals surface area contributed by atoms with E-state index in [0.717, 1.165) is 30.0 Å². The molecule has 0 bridgehead atoms. The summed E-state index contributed by atoms with van der Waals surface area (Å²) in [7, 11) is 0. The molecule has 0 aliphatic rings. The molecule has 0 fully saturated rings. The first kappa shape index (κ1) is 17.2. The molecule has 124 valence electrons. The predicted molar refractivity (Wildman–Crippen MR) is 88.8 cm³/mol. The number of aryl methyl sites for hydroxylation is 2. The first-order valence-corrected chi connectivity index (χ1v) is 8.49. The van der Waals surface area contributed by atoms with Crippen molar-refractivity contribution in [3.63, 3.8) is 0 Å². The van der Waals surface area contributed by atoms with Gasteiger partial charge < -0.3 is 15.1 Å². The first-order valence-electron chi connectivity index (χ1n) is 7.68. The molecule has 2 N–H and O–H groups in total. The zero-order chi connectivity index (χ0) is 16.7. The Morgan fingerprint density at radius 2 is 2.00 bits per heavy atom. The van der Waals surface area contributed by atoms with Gasteiger partial charge in [-0.2, -0.15) is 0 Å². The monoisotopic (exact) mass is 335 g/mol. The van der Waals surface area contributed by atoms with Crippen LogP contribution in [0.5, 0.6) is 0 Å². The number of amides is 2. The second-order valence-corrected chi connectivity index (χ2v) is 6.20. The molecule has 2 heterocycles. The molecule has 0 radical (unpaired) electrons. The molecule has 0 aromatic carbocycles. The van der Waals surface area contributed by atoms with Crippen molar-refractivity contribution >= 4 is 23.2 Å². The Morgan fingerprint density at radius 1 is 1.26 bits per heavy atom. The van der Waals surface area contributed by atoms with Crippen LogP contribution in [0.1, 0.15) is 50.7 Å². The zero-order valence-corrected chi connectivity index (χ0v) is 14.2. The quantitative estimate of drug-likeness (QED) is 0.726. The van der Waals surface area contributed by atoms with E-state index in [1.165, 1.54) is 17.6 Å². The van der Waals surface area contributed by atoms with Gasteiger partial charge in [-0.25, -0.2) is 4.98 Å². The van der Waals surface area contributed by atoms with E-state index < -0.39 is 0 Å². The lowest BCUT2D eigenvalue weighted by molar-refractivity contribution is 0.0911. The minimum atomic E-state index is -0.292. The van der Waals surface area contributed by atoms with Gasteiger partial charge in [0.2, 0.25) is 0 Å². The van der Waals surface area contributed by atoms with Crippen LogP contribution in [-0.4, -0.2) is 29.9 Å². The van der Waals surface area contributed by atoms with Crippen molar-refractivity contribution in [1.82, 2.24) is 15.6 Å². The minimum absolute atomic E-state index is 0.144. The lowest BCUT2D eigenvalue weighted by Crippen LogP contribution is -2.34. The van der Waals surface area contributed by atoms with Crippen molar-refractivity contribution in [3.8, 4) is 0 Å². The van der Waals surface area contributed by atoms with Crippen LogP contribution in [0.2, 0.25) is 0 Å². The Morgan fingerprint density at radius 3 is 2.65 bits per heavy atom. The molecule has 2 aromatic rings. The molecule has 0 spiro atoms. The maximum absolute atomic E-state index is 12.2. The summed E-state index contributed by atoms with van der Waals surface area (Å²) in [5.41, 5.74) is 0.762. The third-order valence-electron chi connectivity index (χ3n) is 3.23. The van der Waals surface area contributed by atoms with Crippen molar-refractivity contribution in [1.29, 1.82) is 0 Å². The fraction of sp³-hybridized carbons (Fsp3) is 0.438. The Labute approximate surface area is 139 Å². The number of rotatable bonds is 8. The molecule has 0 aliphatic heterocycles. The standard InChI is InChI=1S/C16H21N3O3S/c1-3-4-7-13-19-11(2)14(23-13)16(21)18-9-8-17-15(20)12-6-5-10-22-12/h5-6,10H,3-4,7-9H2,1-2H3,(H,17,20)(H,18,21). The van der Waals surface area contributed by atoms with Gasteiger partial charge in [-0.1, -0.05) is 13.3 Å². The third kappa shape index (κ3) is 4.92. The normalized spacial score (nSPS) is 10.5. The lowest BCUT2D eigenvalue weighted by atomic mass is 10.3. The van der Waals surface area contributed by atoms with E-state index in [0.29, 0.717) is 18.0 Å². The van der Waals surface area contributed by atoms with E-state index >= 15 is 0 Å². The summed E-state index contributed by atoms with van der Waals surface area (Å²) >= 11 is 1.44. The largest absolute Gasteiger partial charge is 0.459 e. The van der Waals surface area contributed by atoms with Crippen molar-refractivity contribution in [2.24, 2.45) is 0 Å². The Bertz CT molecular complexity index is 650. The van der Waals surface area contributed by atoms with Gasteiger partial charge in [0.1, 0.15) is 4.88 Å². The number of hydrogen-bond acceptors (Lipinski definition) is 5. The molecule has 23 heavy (non-hydrogen) atoms. The van der Waals surface area contributed by atoms with Gasteiger partial charge in [-0.05, 0) is 31.9 Å². The summed E-state index contributed by atoms with van der Waals surface area (Å²) in [4.78, 5) is 28.9. The molecule has 0 atom stereocenters. The number of carbonyl (C=O) groups is 2. The van der Waals surface area contributed by atoms with E-state index in [4.69, 9.17) is 4.42 Å². The highest BCUT2D eigenvalue weighted by molar-refractivity contribution is 7.13. The van der Waals surface area contributed by atoms with Crippen molar-refractivity contribution in [3.05, 3.63) is 39.7 Å². The van der Waals surface area contributed by atoms with E-state index in [-0.39, 0.29) is 17.6 Å².